The van der Waals surface area contributed by atoms with Gasteiger partial charge in [0.25, 0.3) is 0 Å². The molecule has 2 saturated heterocycles. The highest BCUT2D eigenvalue weighted by atomic mass is 32.2. The molecule has 0 aromatic rings. The van der Waals surface area contributed by atoms with Crippen LogP contribution in [-0.4, -0.2) is 30.0 Å². The number of thioether (sulfide) groups is 1. The first kappa shape index (κ1) is 10.7. The molecular weight excluding hydrogens is 204 g/mol. The van der Waals surface area contributed by atoms with Crippen molar-refractivity contribution in [1.29, 1.82) is 0 Å². The highest BCUT2D eigenvalue weighted by Crippen LogP contribution is 2.51. The van der Waals surface area contributed by atoms with E-state index in [1.807, 2.05) is 0 Å². The molecule has 2 aliphatic rings. The zero-order valence-electron chi connectivity index (χ0n) is 8.27. The smallest absolute Gasteiger partial charge is 0.242 e. The van der Waals surface area contributed by atoms with E-state index in [1.54, 1.807) is 11.8 Å². The van der Waals surface area contributed by atoms with Crippen molar-refractivity contribution in [2.45, 2.75) is 36.9 Å². The second kappa shape index (κ2) is 4.35. The topological polar surface area (TPSA) is 12.0 Å². The van der Waals surface area contributed by atoms with E-state index in [4.69, 9.17) is 0 Å². The van der Waals surface area contributed by atoms with E-state index in [-0.39, 0.29) is 10.7 Å². The molecule has 1 nitrogen and oxygen atoms in total. The van der Waals surface area contributed by atoms with Crippen LogP contribution in [0.3, 0.4) is 0 Å². The fourth-order valence-corrected chi connectivity index (χ4v) is 4.44. The molecule has 1 spiro atoms. The summed E-state index contributed by atoms with van der Waals surface area (Å²) in [4.78, 5) is 0. The molecule has 0 aromatic carbocycles. The summed E-state index contributed by atoms with van der Waals surface area (Å²) in [7, 11) is 0. The summed E-state index contributed by atoms with van der Waals surface area (Å²) in [6, 6.07) is 0. The van der Waals surface area contributed by atoms with Crippen molar-refractivity contribution < 1.29 is 8.78 Å². The quantitative estimate of drug-likeness (QED) is 0.730. The van der Waals surface area contributed by atoms with Crippen molar-refractivity contribution in [3.63, 3.8) is 0 Å². The number of hydrogen-bond acceptors (Lipinski definition) is 2. The van der Waals surface area contributed by atoms with Crippen LogP contribution in [0.15, 0.2) is 0 Å². The molecule has 2 heterocycles. The van der Waals surface area contributed by atoms with E-state index in [1.165, 1.54) is 0 Å². The average Bonchev–Trinajstić information content (AvgIpc) is 2.39. The van der Waals surface area contributed by atoms with Gasteiger partial charge >= 0.3 is 0 Å². The summed E-state index contributed by atoms with van der Waals surface area (Å²) >= 11 is 1.80. The van der Waals surface area contributed by atoms with Gasteiger partial charge in [-0.15, -0.1) is 0 Å². The van der Waals surface area contributed by atoms with E-state index in [0.29, 0.717) is 6.42 Å². The summed E-state index contributed by atoms with van der Waals surface area (Å²) in [6.45, 7) is 1.91. The van der Waals surface area contributed by atoms with Crippen molar-refractivity contribution in [3.05, 3.63) is 0 Å². The monoisotopic (exact) mass is 221 g/mol. The van der Waals surface area contributed by atoms with Crippen LogP contribution < -0.4 is 5.32 Å². The number of alkyl halides is 2. The zero-order chi connectivity index (χ0) is 10.0. The summed E-state index contributed by atoms with van der Waals surface area (Å²) in [5.41, 5.74) is 0. The Kier molecular flexibility index (Phi) is 3.32. The van der Waals surface area contributed by atoms with Crippen LogP contribution in [0.2, 0.25) is 0 Å². The van der Waals surface area contributed by atoms with Crippen LogP contribution in [0, 0.1) is 5.92 Å². The maximum absolute atomic E-state index is 12.9. The molecule has 1 N–H and O–H groups in total. The van der Waals surface area contributed by atoms with Crippen LogP contribution >= 0.6 is 11.8 Å². The first-order valence-corrected chi connectivity index (χ1v) is 6.36. The van der Waals surface area contributed by atoms with Gasteiger partial charge in [-0.3, -0.25) is 0 Å². The van der Waals surface area contributed by atoms with Gasteiger partial charge in [0.05, 0.1) is 0 Å². The van der Waals surface area contributed by atoms with Gasteiger partial charge in [-0.1, -0.05) is 0 Å². The van der Waals surface area contributed by atoms with E-state index < -0.39 is 6.43 Å². The largest absolute Gasteiger partial charge is 0.317 e. The molecule has 82 valence electrons. The Balaban J connectivity index is 2.10. The van der Waals surface area contributed by atoms with Gasteiger partial charge in [0.15, 0.2) is 0 Å². The van der Waals surface area contributed by atoms with Crippen molar-refractivity contribution in [3.8, 4) is 0 Å². The SMILES string of the molecule is FC(F)[C@H]1CCS[C@]12CCCNCC2. The Morgan fingerprint density at radius 3 is 2.93 bits per heavy atom. The minimum Gasteiger partial charge on any atom is -0.317 e. The van der Waals surface area contributed by atoms with Crippen LogP contribution in [0.1, 0.15) is 25.7 Å². The number of nitrogens with one attached hydrogen (secondary N) is 1. The Labute approximate surface area is 88.0 Å². The molecule has 2 fully saturated rings. The highest BCUT2D eigenvalue weighted by Gasteiger charge is 2.47. The predicted octanol–water partition coefficient (Wildman–Crippen LogP) is 2.52. The maximum atomic E-state index is 12.9. The third-order valence-corrected chi connectivity index (χ3v) is 5.20. The van der Waals surface area contributed by atoms with Crippen LogP contribution in [0.25, 0.3) is 0 Å². The molecule has 0 aliphatic carbocycles. The van der Waals surface area contributed by atoms with Gasteiger partial charge in [-0.25, -0.2) is 8.78 Å². The molecule has 0 aromatic heterocycles. The lowest BCUT2D eigenvalue weighted by molar-refractivity contribution is 0.0543. The van der Waals surface area contributed by atoms with Gasteiger partial charge in [-0.2, -0.15) is 11.8 Å². The van der Waals surface area contributed by atoms with Gasteiger partial charge in [0, 0.05) is 10.7 Å². The molecule has 0 bridgehead atoms. The fraction of sp³-hybridized carbons (Fsp3) is 1.00. The van der Waals surface area contributed by atoms with E-state index >= 15 is 0 Å². The third kappa shape index (κ3) is 1.91. The van der Waals surface area contributed by atoms with E-state index in [9.17, 15) is 8.78 Å². The van der Waals surface area contributed by atoms with Crippen molar-refractivity contribution in [1.82, 2.24) is 5.32 Å². The summed E-state index contributed by atoms with van der Waals surface area (Å²) in [5, 5.41) is 3.30. The molecule has 2 atom stereocenters. The van der Waals surface area contributed by atoms with Crippen LogP contribution in [0.4, 0.5) is 8.78 Å². The fourth-order valence-electron chi connectivity index (χ4n) is 2.69. The number of hydrogen-bond donors (Lipinski definition) is 1. The average molecular weight is 221 g/mol. The van der Waals surface area contributed by atoms with Crippen molar-refractivity contribution in [2.24, 2.45) is 5.92 Å². The molecule has 4 heteroatoms. The van der Waals surface area contributed by atoms with E-state index in [0.717, 1.165) is 38.1 Å². The molecule has 0 unspecified atom stereocenters. The summed E-state index contributed by atoms with van der Waals surface area (Å²) in [6.07, 6.45) is 1.54. The number of rotatable bonds is 1. The van der Waals surface area contributed by atoms with Gasteiger partial charge in [-0.05, 0) is 44.5 Å². The lowest BCUT2D eigenvalue weighted by Crippen LogP contribution is -2.35. The Morgan fingerprint density at radius 1 is 1.29 bits per heavy atom. The van der Waals surface area contributed by atoms with Crippen LogP contribution in [0.5, 0.6) is 0 Å². The number of halogens is 2. The predicted molar refractivity (Wildman–Crippen MR) is 56.0 cm³/mol. The molecule has 2 rings (SSSR count). The summed E-state index contributed by atoms with van der Waals surface area (Å²) in [5.74, 6) is 0.571. The third-order valence-electron chi connectivity index (χ3n) is 3.48. The Bertz CT molecular complexity index is 191. The minimum absolute atomic E-state index is 0.0995. The first-order valence-electron chi connectivity index (χ1n) is 5.37. The molecular formula is C10H17F2NS. The Morgan fingerprint density at radius 2 is 2.14 bits per heavy atom. The first-order chi connectivity index (χ1) is 6.75. The highest BCUT2D eigenvalue weighted by molar-refractivity contribution is 8.00. The lowest BCUT2D eigenvalue weighted by atomic mass is 9.84. The second-order valence-electron chi connectivity index (χ2n) is 4.25. The molecule has 14 heavy (non-hydrogen) atoms. The minimum atomic E-state index is -2.12. The molecule has 0 radical (unpaired) electrons. The Hall–Kier alpha value is 0.170. The molecule has 0 amide bonds. The van der Waals surface area contributed by atoms with E-state index in [2.05, 4.69) is 5.32 Å². The van der Waals surface area contributed by atoms with Crippen molar-refractivity contribution >= 4 is 11.8 Å². The maximum Gasteiger partial charge on any atom is 0.242 e. The zero-order valence-corrected chi connectivity index (χ0v) is 9.09. The summed E-state index contributed by atoms with van der Waals surface area (Å²) < 4.78 is 25.6. The van der Waals surface area contributed by atoms with Crippen LogP contribution in [-0.2, 0) is 0 Å². The van der Waals surface area contributed by atoms with Gasteiger partial charge < -0.3 is 5.32 Å². The molecule has 2 aliphatic heterocycles. The van der Waals surface area contributed by atoms with Gasteiger partial charge in [0.2, 0.25) is 6.43 Å². The second-order valence-corrected chi connectivity index (χ2v) is 5.76. The van der Waals surface area contributed by atoms with Crippen molar-refractivity contribution in [2.75, 3.05) is 18.8 Å². The lowest BCUT2D eigenvalue weighted by Gasteiger charge is -2.33. The standard InChI is InChI=1S/C10H17F2NS/c11-9(12)8-2-7-14-10(8)3-1-5-13-6-4-10/h8-9,13H,1-7H2/t8-,10+/m1/s1. The normalized spacial score (nSPS) is 39.2. The van der Waals surface area contributed by atoms with Gasteiger partial charge in [0.1, 0.15) is 0 Å². The molecule has 0 saturated carbocycles.